The van der Waals surface area contributed by atoms with Crippen LogP contribution in [0.2, 0.25) is 0 Å². The minimum absolute atomic E-state index is 0.164. The number of nitro groups is 1. The van der Waals surface area contributed by atoms with E-state index in [4.69, 9.17) is 4.74 Å². The monoisotopic (exact) mass is 328 g/mol. The maximum Gasteiger partial charge on any atom is 0.310 e. The maximum absolute atomic E-state index is 12.4. The second-order valence-electron chi connectivity index (χ2n) is 5.53. The number of aromatic hydroxyl groups is 1. The molecule has 1 saturated heterocycles. The van der Waals surface area contributed by atoms with Crippen molar-refractivity contribution in [2.75, 3.05) is 6.61 Å². The van der Waals surface area contributed by atoms with Crippen molar-refractivity contribution in [1.29, 1.82) is 0 Å². The van der Waals surface area contributed by atoms with Crippen LogP contribution in [-0.4, -0.2) is 28.6 Å². The fourth-order valence-corrected chi connectivity index (χ4v) is 2.78. The number of carbonyl (C=O) groups is 1. The van der Waals surface area contributed by atoms with E-state index < -0.39 is 22.3 Å². The highest BCUT2D eigenvalue weighted by molar-refractivity contribution is 5.95. The molecule has 3 rings (SSSR count). The summed E-state index contributed by atoms with van der Waals surface area (Å²) in [5.74, 6) is -0.938. The summed E-state index contributed by atoms with van der Waals surface area (Å²) in [6, 6.07) is 12.9. The number of ether oxygens (including phenoxy) is 1. The third-order valence-electron chi connectivity index (χ3n) is 3.97. The van der Waals surface area contributed by atoms with Crippen LogP contribution in [-0.2, 0) is 4.74 Å². The van der Waals surface area contributed by atoms with Gasteiger partial charge < -0.3 is 15.2 Å². The van der Waals surface area contributed by atoms with E-state index in [0.29, 0.717) is 13.0 Å². The van der Waals surface area contributed by atoms with Crippen LogP contribution in [0.1, 0.15) is 28.4 Å². The SMILES string of the molecule is O=C(N[C@H]1CCO[C@H]1c1ccccc1)c1ccc([N+](=O)[O-])c(O)c1. The van der Waals surface area contributed by atoms with Gasteiger partial charge in [0.25, 0.3) is 5.91 Å². The smallest absolute Gasteiger partial charge is 0.310 e. The summed E-state index contributed by atoms with van der Waals surface area (Å²) < 4.78 is 5.71. The Kier molecular flexibility index (Phi) is 4.43. The number of phenols is 1. The lowest BCUT2D eigenvalue weighted by Gasteiger charge is -2.20. The van der Waals surface area contributed by atoms with Gasteiger partial charge in [0.2, 0.25) is 0 Å². The topological polar surface area (TPSA) is 102 Å². The predicted octanol–water partition coefficient (Wildman–Crippen LogP) is 2.56. The molecule has 7 nitrogen and oxygen atoms in total. The molecule has 0 radical (unpaired) electrons. The van der Waals surface area contributed by atoms with Gasteiger partial charge in [-0.3, -0.25) is 14.9 Å². The predicted molar refractivity (Wildman–Crippen MR) is 85.8 cm³/mol. The molecule has 2 aromatic carbocycles. The molecule has 124 valence electrons. The Hall–Kier alpha value is -2.93. The van der Waals surface area contributed by atoms with Gasteiger partial charge in [-0.05, 0) is 24.1 Å². The van der Waals surface area contributed by atoms with Gasteiger partial charge in [-0.2, -0.15) is 0 Å². The first kappa shape index (κ1) is 15.9. The number of phenolic OH excluding ortho intramolecular Hbond substituents is 1. The van der Waals surface area contributed by atoms with E-state index in [1.165, 1.54) is 6.07 Å². The molecule has 24 heavy (non-hydrogen) atoms. The third-order valence-corrected chi connectivity index (χ3v) is 3.97. The first-order valence-corrected chi connectivity index (χ1v) is 7.51. The molecule has 0 saturated carbocycles. The molecule has 2 N–H and O–H groups in total. The van der Waals surface area contributed by atoms with E-state index in [9.17, 15) is 20.0 Å². The zero-order chi connectivity index (χ0) is 17.1. The van der Waals surface area contributed by atoms with Gasteiger partial charge in [0.1, 0.15) is 6.10 Å². The van der Waals surface area contributed by atoms with Crippen LogP contribution in [0.5, 0.6) is 5.75 Å². The summed E-state index contributed by atoms with van der Waals surface area (Å²) in [6.45, 7) is 0.538. The minimum atomic E-state index is -0.701. The molecule has 2 atom stereocenters. The molecule has 0 spiro atoms. The first-order valence-electron chi connectivity index (χ1n) is 7.51. The van der Waals surface area contributed by atoms with Crippen molar-refractivity contribution in [1.82, 2.24) is 5.32 Å². The summed E-state index contributed by atoms with van der Waals surface area (Å²) in [5, 5.41) is 23.2. The number of benzene rings is 2. The second kappa shape index (κ2) is 6.67. The first-order chi connectivity index (χ1) is 11.6. The fraction of sp³-hybridized carbons (Fsp3) is 0.235. The number of nitrogens with zero attached hydrogens (tertiary/aromatic N) is 1. The van der Waals surface area contributed by atoms with Crippen molar-refractivity contribution in [3.05, 3.63) is 69.8 Å². The molecule has 1 heterocycles. The van der Waals surface area contributed by atoms with Crippen molar-refractivity contribution in [2.45, 2.75) is 18.6 Å². The van der Waals surface area contributed by atoms with E-state index in [-0.39, 0.29) is 17.7 Å². The van der Waals surface area contributed by atoms with Crippen molar-refractivity contribution in [3.8, 4) is 5.75 Å². The molecule has 1 amide bonds. The Balaban J connectivity index is 1.74. The van der Waals surface area contributed by atoms with Crippen LogP contribution in [0.3, 0.4) is 0 Å². The molecular formula is C17H16N2O5. The van der Waals surface area contributed by atoms with Gasteiger partial charge in [-0.1, -0.05) is 30.3 Å². The maximum atomic E-state index is 12.4. The summed E-state index contributed by atoms with van der Waals surface area (Å²) >= 11 is 0. The number of nitrogens with one attached hydrogen (secondary N) is 1. The van der Waals surface area contributed by atoms with E-state index in [1.807, 2.05) is 30.3 Å². The lowest BCUT2D eigenvalue weighted by atomic mass is 10.0. The van der Waals surface area contributed by atoms with Crippen LogP contribution in [0.15, 0.2) is 48.5 Å². The molecule has 7 heteroatoms. The summed E-state index contributed by atoms with van der Waals surface area (Å²) in [5.41, 5.74) is 0.710. The average molecular weight is 328 g/mol. The van der Waals surface area contributed by atoms with Gasteiger partial charge in [0, 0.05) is 18.2 Å². The van der Waals surface area contributed by atoms with Gasteiger partial charge in [0.15, 0.2) is 5.75 Å². The summed E-state index contributed by atoms with van der Waals surface area (Å²) in [6.07, 6.45) is 0.436. The van der Waals surface area contributed by atoms with E-state index in [2.05, 4.69) is 5.32 Å². The van der Waals surface area contributed by atoms with Crippen LogP contribution in [0.4, 0.5) is 5.69 Å². The number of hydrogen-bond donors (Lipinski definition) is 2. The van der Waals surface area contributed by atoms with Crippen molar-refractivity contribution in [2.24, 2.45) is 0 Å². The molecule has 0 aromatic heterocycles. The van der Waals surface area contributed by atoms with Crippen LogP contribution in [0.25, 0.3) is 0 Å². The number of carbonyl (C=O) groups excluding carboxylic acids is 1. The minimum Gasteiger partial charge on any atom is -0.502 e. The number of rotatable bonds is 4. The van der Waals surface area contributed by atoms with Gasteiger partial charge in [-0.25, -0.2) is 0 Å². The van der Waals surface area contributed by atoms with Gasteiger partial charge in [0.05, 0.1) is 11.0 Å². The summed E-state index contributed by atoms with van der Waals surface area (Å²) in [4.78, 5) is 22.4. The van der Waals surface area contributed by atoms with E-state index in [0.717, 1.165) is 17.7 Å². The number of nitro benzene ring substituents is 1. The van der Waals surface area contributed by atoms with Crippen molar-refractivity contribution in [3.63, 3.8) is 0 Å². The molecule has 0 aliphatic carbocycles. The Morgan fingerprint density at radius 1 is 1.25 bits per heavy atom. The quantitative estimate of drug-likeness (QED) is 0.663. The Bertz CT molecular complexity index is 763. The number of hydrogen-bond acceptors (Lipinski definition) is 5. The highest BCUT2D eigenvalue weighted by Crippen LogP contribution is 2.30. The standard InChI is InChI=1S/C17H16N2O5/c20-15-10-12(6-7-14(15)19(22)23)17(21)18-13-8-9-24-16(13)11-4-2-1-3-5-11/h1-7,10,13,16,20H,8-9H2,(H,18,21)/t13-,16-/m0/s1. The normalized spacial score (nSPS) is 19.8. The lowest BCUT2D eigenvalue weighted by molar-refractivity contribution is -0.385. The van der Waals surface area contributed by atoms with E-state index in [1.54, 1.807) is 0 Å². The van der Waals surface area contributed by atoms with Crippen LogP contribution in [0, 0.1) is 10.1 Å². The van der Waals surface area contributed by atoms with E-state index >= 15 is 0 Å². The highest BCUT2D eigenvalue weighted by atomic mass is 16.6. The average Bonchev–Trinajstić information content (AvgIpc) is 3.03. The largest absolute Gasteiger partial charge is 0.502 e. The molecule has 1 fully saturated rings. The third kappa shape index (κ3) is 3.21. The molecule has 2 aromatic rings. The second-order valence-corrected chi connectivity index (χ2v) is 5.53. The zero-order valence-corrected chi connectivity index (χ0v) is 12.7. The fourth-order valence-electron chi connectivity index (χ4n) is 2.78. The molecule has 0 bridgehead atoms. The van der Waals surface area contributed by atoms with Crippen molar-refractivity contribution >= 4 is 11.6 Å². The number of amides is 1. The Morgan fingerprint density at radius 2 is 2.00 bits per heavy atom. The van der Waals surface area contributed by atoms with Crippen LogP contribution < -0.4 is 5.32 Å². The molecular weight excluding hydrogens is 312 g/mol. The van der Waals surface area contributed by atoms with Crippen molar-refractivity contribution < 1.29 is 19.6 Å². The molecule has 1 aliphatic heterocycles. The Labute approximate surface area is 138 Å². The van der Waals surface area contributed by atoms with Gasteiger partial charge >= 0.3 is 5.69 Å². The molecule has 1 aliphatic rings. The summed E-state index contributed by atoms with van der Waals surface area (Å²) in [7, 11) is 0. The zero-order valence-electron chi connectivity index (χ0n) is 12.7. The van der Waals surface area contributed by atoms with Crippen LogP contribution >= 0.6 is 0 Å². The molecule has 0 unspecified atom stereocenters. The Morgan fingerprint density at radius 3 is 2.67 bits per heavy atom. The lowest BCUT2D eigenvalue weighted by Crippen LogP contribution is -2.36. The highest BCUT2D eigenvalue weighted by Gasteiger charge is 2.31. The van der Waals surface area contributed by atoms with Gasteiger partial charge in [-0.15, -0.1) is 0 Å².